The molecule has 1 aromatic rings. The summed E-state index contributed by atoms with van der Waals surface area (Å²) < 4.78 is 0. The average Bonchev–Trinajstić information content (AvgIpc) is 2.38. The summed E-state index contributed by atoms with van der Waals surface area (Å²) in [5, 5.41) is 11.5. The molecule has 0 fully saturated rings. The second-order valence-corrected chi connectivity index (χ2v) is 4.59. The number of carbonyl (C=O) groups excluding carboxylic acids is 1. The molecule has 0 aliphatic heterocycles. The minimum Gasteiger partial charge on any atom is -0.480 e. The van der Waals surface area contributed by atoms with E-state index in [0.29, 0.717) is 18.4 Å². The van der Waals surface area contributed by atoms with Crippen molar-refractivity contribution >= 4 is 17.6 Å². The highest BCUT2D eigenvalue weighted by atomic mass is 16.4. The van der Waals surface area contributed by atoms with Gasteiger partial charge in [0, 0.05) is 25.3 Å². The molecule has 0 heterocycles. The smallest absolute Gasteiger partial charge is 0.326 e. The molecule has 0 saturated carbocycles. The van der Waals surface area contributed by atoms with Gasteiger partial charge in [-0.05, 0) is 30.7 Å². The van der Waals surface area contributed by atoms with E-state index in [1.165, 1.54) is 0 Å². The first-order valence-corrected chi connectivity index (χ1v) is 6.26. The van der Waals surface area contributed by atoms with Gasteiger partial charge in [-0.1, -0.05) is 13.3 Å². The molecule has 0 saturated heterocycles. The maximum Gasteiger partial charge on any atom is 0.326 e. The van der Waals surface area contributed by atoms with Crippen molar-refractivity contribution in [2.24, 2.45) is 0 Å². The van der Waals surface area contributed by atoms with Gasteiger partial charge in [0.05, 0.1) is 0 Å². The van der Waals surface area contributed by atoms with Gasteiger partial charge in [-0.15, -0.1) is 0 Å². The highest BCUT2D eigenvalue weighted by Gasteiger charge is 2.19. The van der Waals surface area contributed by atoms with Crippen LogP contribution in [0.1, 0.15) is 30.1 Å². The Balaban J connectivity index is 2.74. The van der Waals surface area contributed by atoms with Gasteiger partial charge in [-0.2, -0.15) is 0 Å². The van der Waals surface area contributed by atoms with E-state index in [2.05, 4.69) is 5.32 Å². The molecular formula is C14H20N2O3. The molecule has 5 heteroatoms. The monoisotopic (exact) mass is 264 g/mol. The average molecular weight is 264 g/mol. The molecule has 0 unspecified atom stereocenters. The van der Waals surface area contributed by atoms with Crippen LogP contribution in [0, 0.1) is 0 Å². The van der Waals surface area contributed by atoms with Gasteiger partial charge >= 0.3 is 5.97 Å². The number of carbonyl (C=O) groups is 2. The zero-order chi connectivity index (χ0) is 14.4. The van der Waals surface area contributed by atoms with Crippen molar-refractivity contribution in [1.82, 2.24) is 5.32 Å². The second-order valence-electron chi connectivity index (χ2n) is 4.59. The van der Waals surface area contributed by atoms with E-state index >= 15 is 0 Å². The van der Waals surface area contributed by atoms with Crippen molar-refractivity contribution < 1.29 is 14.7 Å². The summed E-state index contributed by atoms with van der Waals surface area (Å²) >= 11 is 0. The minimum absolute atomic E-state index is 0.355. The lowest BCUT2D eigenvalue weighted by Gasteiger charge is -2.15. The lowest BCUT2D eigenvalue weighted by atomic mass is 10.1. The van der Waals surface area contributed by atoms with Gasteiger partial charge in [0.25, 0.3) is 5.91 Å². The fourth-order valence-electron chi connectivity index (χ4n) is 1.70. The summed E-state index contributed by atoms with van der Waals surface area (Å²) in [4.78, 5) is 24.8. The van der Waals surface area contributed by atoms with Crippen LogP contribution in [0.25, 0.3) is 0 Å². The first-order chi connectivity index (χ1) is 8.95. The normalized spacial score (nSPS) is 11.7. The number of aliphatic carboxylic acids is 1. The molecule has 0 bridgehead atoms. The van der Waals surface area contributed by atoms with Crippen molar-refractivity contribution in [3.8, 4) is 0 Å². The third kappa shape index (κ3) is 4.28. The number of hydrogen-bond donors (Lipinski definition) is 2. The van der Waals surface area contributed by atoms with E-state index in [0.717, 1.165) is 5.69 Å². The SMILES string of the molecule is CCC[C@@H](NC(=O)c1ccc(N(C)C)cc1)C(=O)O. The summed E-state index contributed by atoms with van der Waals surface area (Å²) in [5.41, 5.74) is 1.45. The lowest BCUT2D eigenvalue weighted by Crippen LogP contribution is -2.40. The zero-order valence-corrected chi connectivity index (χ0v) is 11.5. The number of benzene rings is 1. The van der Waals surface area contributed by atoms with Gasteiger partial charge in [0.15, 0.2) is 0 Å². The molecule has 0 aromatic heterocycles. The Morgan fingerprint density at radius 2 is 1.84 bits per heavy atom. The maximum atomic E-state index is 11.9. The summed E-state index contributed by atoms with van der Waals surface area (Å²) in [7, 11) is 3.83. The molecule has 0 spiro atoms. The molecule has 5 nitrogen and oxygen atoms in total. The van der Waals surface area contributed by atoms with Gasteiger partial charge < -0.3 is 15.3 Å². The number of carboxylic acids is 1. The van der Waals surface area contributed by atoms with Crippen LogP contribution in [-0.4, -0.2) is 37.1 Å². The Hall–Kier alpha value is -2.04. The highest BCUT2D eigenvalue weighted by Crippen LogP contribution is 2.12. The van der Waals surface area contributed by atoms with Gasteiger partial charge in [0.2, 0.25) is 0 Å². The van der Waals surface area contributed by atoms with Crippen molar-refractivity contribution in [1.29, 1.82) is 0 Å². The van der Waals surface area contributed by atoms with Gasteiger partial charge in [0.1, 0.15) is 6.04 Å². The Morgan fingerprint density at radius 3 is 2.26 bits per heavy atom. The molecule has 2 N–H and O–H groups in total. The standard InChI is InChI=1S/C14H20N2O3/c1-4-5-12(14(18)19)15-13(17)10-6-8-11(9-7-10)16(2)3/h6-9,12H,4-5H2,1-3H3,(H,15,17)(H,18,19)/t12-/m1/s1. The van der Waals surface area contributed by atoms with Crippen LogP contribution >= 0.6 is 0 Å². The van der Waals surface area contributed by atoms with Crippen LogP contribution in [0.2, 0.25) is 0 Å². The first kappa shape index (κ1) is 15.0. The Bertz CT molecular complexity index is 441. The second kappa shape index (κ2) is 6.78. The number of hydrogen-bond acceptors (Lipinski definition) is 3. The molecule has 0 aliphatic rings. The zero-order valence-electron chi connectivity index (χ0n) is 11.5. The molecule has 1 amide bonds. The van der Waals surface area contributed by atoms with Crippen LogP contribution in [-0.2, 0) is 4.79 Å². The van der Waals surface area contributed by atoms with Crippen LogP contribution in [0.5, 0.6) is 0 Å². The fourth-order valence-corrected chi connectivity index (χ4v) is 1.70. The van der Waals surface area contributed by atoms with E-state index in [4.69, 9.17) is 5.11 Å². The highest BCUT2D eigenvalue weighted by molar-refractivity contribution is 5.96. The topological polar surface area (TPSA) is 69.6 Å². The van der Waals surface area contributed by atoms with Gasteiger partial charge in [-0.3, -0.25) is 4.79 Å². The molecule has 1 atom stereocenters. The maximum absolute atomic E-state index is 11.9. The molecule has 19 heavy (non-hydrogen) atoms. The number of nitrogens with zero attached hydrogens (tertiary/aromatic N) is 1. The lowest BCUT2D eigenvalue weighted by molar-refractivity contribution is -0.139. The Labute approximate surface area is 113 Å². The number of nitrogens with one attached hydrogen (secondary N) is 1. The number of carboxylic acid groups (broad SMARTS) is 1. The third-order valence-electron chi connectivity index (χ3n) is 2.83. The molecule has 1 aromatic carbocycles. The third-order valence-corrected chi connectivity index (χ3v) is 2.83. The number of anilines is 1. The van der Waals surface area contributed by atoms with E-state index in [1.54, 1.807) is 12.1 Å². The molecule has 0 aliphatic carbocycles. The van der Waals surface area contributed by atoms with Crippen LogP contribution in [0.3, 0.4) is 0 Å². The van der Waals surface area contributed by atoms with Crippen molar-refractivity contribution in [3.05, 3.63) is 29.8 Å². The van der Waals surface area contributed by atoms with Crippen LogP contribution in [0.4, 0.5) is 5.69 Å². The van der Waals surface area contributed by atoms with E-state index in [-0.39, 0.29) is 5.91 Å². The Kier molecular flexibility index (Phi) is 5.36. The summed E-state index contributed by atoms with van der Waals surface area (Å²) in [6, 6.07) is 6.20. The van der Waals surface area contributed by atoms with Crippen molar-refractivity contribution in [3.63, 3.8) is 0 Å². The quantitative estimate of drug-likeness (QED) is 0.821. The molecule has 0 radical (unpaired) electrons. The number of rotatable bonds is 6. The predicted molar refractivity (Wildman–Crippen MR) is 74.6 cm³/mol. The fraction of sp³-hybridized carbons (Fsp3) is 0.429. The first-order valence-electron chi connectivity index (χ1n) is 6.26. The summed E-state index contributed by atoms with van der Waals surface area (Å²) in [6.45, 7) is 1.88. The van der Waals surface area contributed by atoms with Crippen molar-refractivity contribution in [2.45, 2.75) is 25.8 Å². The van der Waals surface area contributed by atoms with Crippen molar-refractivity contribution in [2.75, 3.05) is 19.0 Å². The van der Waals surface area contributed by atoms with E-state index in [9.17, 15) is 9.59 Å². The van der Waals surface area contributed by atoms with Crippen LogP contribution in [0.15, 0.2) is 24.3 Å². The van der Waals surface area contributed by atoms with Gasteiger partial charge in [-0.25, -0.2) is 4.79 Å². The van der Waals surface area contributed by atoms with E-state index in [1.807, 2.05) is 38.1 Å². The largest absolute Gasteiger partial charge is 0.480 e. The predicted octanol–water partition coefficient (Wildman–Crippen LogP) is 1.74. The molecular weight excluding hydrogens is 244 g/mol. The van der Waals surface area contributed by atoms with Crippen LogP contribution < -0.4 is 10.2 Å². The number of amides is 1. The summed E-state index contributed by atoms with van der Waals surface area (Å²) in [5.74, 6) is -1.36. The molecule has 1 rings (SSSR count). The molecule has 104 valence electrons. The minimum atomic E-state index is -1.000. The van der Waals surface area contributed by atoms with E-state index < -0.39 is 12.0 Å². The summed E-state index contributed by atoms with van der Waals surface area (Å²) in [6.07, 6.45) is 1.13. The Morgan fingerprint density at radius 1 is 1.26 bits per heavy atom.